The Kier molecular flexibility index (Phi) is 6.73. The number of thioether (sulfide) groups is 1. The number of hydrogen-bond donors (Lipinski definition) is 2. The molecular formula is C18H26N4OS. The molecule has 5 nitrogen and oxygen atoms in total. The molecule has 130 valence electrons. The summed E-state index contributed by atoms with van der Waals surface area (Å²) >= 11 is 1.89. The Morgan fingerprint density at radius 1 is 1.38 bits per heavy atom. The molecule has 2 aromatic rings. The van der Waals surface area contributed by atoms with E-state index < -0.39 is 0 Å². The van der Waals surface area contributed by atoms with Crippen LogP contribution in [0.5, 0.6) is 0 Å². The molecule has 0 radical (unpaired) electrons. The minimum absolute atomic E-state index is 0.176. The van der Waals surface area contributed by atoms with Crippen LogP contribution >= 0.6 is 11.8 Å². The highest BCUT2D eigenvalue weighted by molar-refractivity contribution is 7.99. The molecule has 0 aliphatic rings. The third-order valence-corrected chi connectivity index (χ3v) is 4.95. The van der Waals surface area contributed by atoms with Crippen LogP contribution < -0.4 is 10.6 Å². The van der Waals surface area contributed by atoms with Crippen molar-refractivity contribution in [3.05, 3.63) is 47.3 Å². The Labute approximate surface area is 148 Å². The number of aryl methyl sites for hydroxylation is 1. The van der Waals surface area contributed by atoms with Gasteiger partial charge in [-0.25, -0.2) is 4.79 Å². The molecule has 1 heterocycles. The molecule has 0 unspecified atom stereocenters. The molecular weight excluding hydrogens is 320 g/mol. The molecule has 1 aromatic carbocycles. The van der Waals surface area contributed by atoms with E-state index in [9.17, 15) is 4.79 Å². The molecule has 2 N–H and O–H groups in total. The van der Waals surface area contributed by atoms with Gasteiger partial charge >= 0.3 is 6.03 Å². The molecule has 0 saturated carbocycles. The molecule has 0 fully saturated rings. The second-order valence-electron chi connectivity index (χ2n) is 6.07. The maximum atomic E-state index is 12.0. The van der Waals surface area contributed by atoms with Gasteiger partial charge < -0.3 is 10.6 Å². The fourth-order valence-corrected chi connectivity index (χ4v) is 2.98. The van der Waals surface area contributed by atoms with Crippen molar-refractivity contribution in [1.82, 2.24) is 15.1 Å². The molecule has 0 aliphatic heterocycles. The molecule has 0 saturated heterocycles. The summed E-state index contributed by atoms with van der Waals surface area (Å²) in [6.07, 6.45) is 2.63. The Morgan fingerprint density at radius 3 is 2.83 bits per heavy atom. The lowest BCUT2D eigenvalue weighted by atomic mass is 10.2. The third kappa shape index (κ3) is 5.60. The molecule has 6 heteroatoms. The van der Waals surface area contributed by atoms with E-state index in [2.05, 4.69) is 35.6 Å². The van der Waals surface area contributed by atoms with E-state index in [4.69, 9.17) is 0 Å². The summed E-state index contributed by atoms with van der Waals surface area (Å²) in [6.45, 7) is 6.98. The number of carbonyl (C=O) groups excluding carboxylic acids is 1. The first kappa shape index (κ1) is 18.4. The third-order valence-electron chi connectivity index (χ3n) is 3.78. The highest BCUT2D eigenvalue weighted by Gasteiger charge is 2.06. The van der Waals surface area contributed by atoms with Crippen LogP contribution in [0.3, 0.4) is 0 Å². The number of nitrogens with zero attached hydrogens (tertiary/aromatic N) is 2. The molecule has 0 spiro atoms. The Hall–Kier alpha value is -1.95. The van der Waals surface area contributed by atoms with Crippen LogP contribution in [0.2, 0.25) is 0 Å². The Morgan fingerprint density at radius 2 is 2.17 bits per heavy atom. The number of nitrogens with one attached hydrogen (secondary N) is 2. The molecule has 2 amide bonds. The molecule has 0 aliphatic carbocycles. The topological polar surface area (TPSA) is 59.0 Å². The van der Waals surface area contributed by atoms with E-state index in [1.165, 1.54) is 5.56 Å². The lowest BCUT2D eigenvalue weighted by Gasteiger charge is -2.10. The largest absolute Gasteiger partial charge is 0.338 e. The van der Waals surface area contributed by atoms with Gasteiger partial charge in [-0.1, -0.05) is 26.0 Å². The van der Waals surface area contributed by atoms with E-state index in [-0.39, 0.29) is 6.03 Å². The first-order valence-electron chi connectivity index (χ1n) is 8.18. The zero-order valence-electron chi connectivity index (χ0n) is 14.8. The predicted octanol–water partition coefficient (Wildman–Crippen LogP) is 3.73. The number of urea groups is 1. The van der Waals surface area contributed by atoms with Gasteiger partial charge in [0.2, 0.25) is 0 Å². The van der Waals surface area contributed by atoms with Crippen LogP contribution in [0.4, 0.5) is 10.5 Å². The lowest BCUT2D eigenvalue weighted by molar-refractivity contribution is 0.252. The molecule has 0 atom stereocenters. The van der Waals surface area contributed by atoms with Gasteiger partial charge in [-0.3, -0.25) is 4.68 Å². The first-order chi connectivity index (χ1) is 11.5. The number of rotatable bonds is 7. The summed E-state index contributed by atoms with van der Waals surface area (Å²) in [4.78, 5) is 12.0. The van der Waals surface area contributed by atoms with Crippen molar-refractivity contribution in [2.75, 3.05) is 11.9 Å². The lowest BCUT2D eigenvalue weighted by Crippen LogP contribution is -2.30. The Bertz CT molecular complexity index is 681. The molecule has 0 bridgehead atoms. The van der Waals surface area contributed by atoms with Crippen molar-refractivity contribution in [3.8, 4) is 0 Å². The SMILES string of the molecule is Cc1c(CCNC(=O)Nc2cccc(CSC(C)C)c2)cnn1C. The van der Waals surface area contributed by atoms with E-state index >= 15 is 0 Å². The van der Waals surface area contributed by atoms with Crippen molar-refractivity contribution in [3.63, 3.8) is 0 Å². The summed E-state index contributed by atoms with van der Waals surface area (Å²) in [5.41, 5.74) is 4.34. The number of hydrogen-bond acceptors (Lipinski definition) is 3. The van der Waals surface area contributed by atoms with Crippen LogP contribution in [-0.2, 0) is 19.2 Å². The highest BCUT2D eigenvalue weighted by atomic mass is 32.2. The second kappa shape index (κ2) is 8.78. The molecule has 2 rings (SSSR count). The molecule has 1 aromatic heterocycles. The van der Waals surface area contributed by atoms with Crippen molar-refractivity contribution < 1.29 is 4.79 Å². The smallest absolute Gasteiger partial charge is 0.319 e. The number of benzene rings is 1. The maximum absolute atomic E-state index is 12.0. The summed E-state index contributed by atoms with van der Waals surface area (Å²) in [5.74, 6) is 0.953. The average Bonchev–Trinajstić information content (AvgIpc) is 2.85. The van der Waals surface area contributed by atoms with Gasteiger partial charge in [0.15, 0.2) is 0 Å². The number of amides is 2. The summed E-state index contributed by atoms with van der Waals surface area (Å²) in [5, 5.41) is 10.6. The number of anilines is 1. The molecule has 24 heavy (non-hydrogen) atoms. The van der Waals surface area contributed by atoms with Crippen LogP contribution in [0.15, 0.2) is 30.5 Å². The van der Waals surface area contributed by atoms with Crippen LogP contribution in [0.1, 0.15) is 30.7 Å². The van der Waals surface area contributed by atoms with Gasteiger partial charge in [-0.15, -0.1) is 0 Å². The van der Waals surface area contributed by atoms with Gasteiger partial charge in [0, 0.05) is 30.7 Å². The van der Waals surface area contributed by atoms with Gasteiger partial charge in [0.25, 0.3) is 0 Å². The van der Waals surface area contributed by atoms with E-state index in [1.807, 2.05) is 54.8 Å². The van der Waals surface area contributed by atoms with Crippen molar-refractivity contribution in [2.45, 2.75) is 38.2 Å². The van der Waals surface area contributed by atoms with E-state index in [0.717, 1.165) is 29.1 Å². The van der Waals surface area contributed by atoms with E-state index in [1.54, 1.807) is 0 Å². The van der Waals surface area contributed by atoms with E-state index in [0.29, 0.717) is 11.8 Å². The normalized spacial score (nSPS) is 10.9. The average molecular weight is 347 g/mol. The number of aromatic nitrogens is 2. The van der Waals surface area contributed by atoms with Gasteiger partial charge in [-0.2, -0.15) is 16.9 Å². The van der Waals surface area contributed by atoms with Crippen LogP contribution in [0, 0.1) is 6.92 Å². The maximum Gasteiger partial charge on any atom is 0.319 e. The fraction of sp³-hybridized carbons (Fsp3) is 0.444. The zero-order chi connectivity index (χ0) is 17.5. The van der Waals surface area contributed by atoms with Crippen molar-refractivity contribution >= 4 is 23.5 Å². The van der Waals surface area contributed by atoms with Gasteiger partial charge in [-0.05, 0) is 41.9 Å². The summed E-state index contributed by atoms with van der Waals surface area (Å²) in [6, 6.07) is 7.83. The van der Waals surface area contributed by atoms with Crippen molar-refractivity contribution in [2.24, 2.45) is 7.05 Å². The predicted molar refractivity (Wildman–Crippen MR) is 102 cm³/mol. The van der Waals surface area contributed by atoms with Crippen LogP contribution in [-0.4, -0.2) is 27.6 Å². The van der Waals surface area contributed by atoms with Crippen LogP contribution in [0.25, 0.3) is 0 Å². The highest BCUT2D eigenvalue weighted by Crippen LogP contribution is 2.19. The van der Waals surface area contributed by atoms with Gasteiger partial charge in [0.1, 0.15) is 0 Å². The monoisotopic (exact) mass is 346 g/mol. The fourth-order valence-electron chi connectivity index (χ4n) is 2.28. The standard InChI is InChI=1S/C18H26N4OS/c1-13(2)24-12-15-6-5-7-17(10-15)21-18(23)19-9-8-16-11-20-22(4)14(16)3/h5-7,10-11,13H,8-9,12H2,1-4H3,(H2,19,21,23). The number of carbonyl (C=O) groups is 1. The van der Waals surface area contributed by atoms with Gasteiger partial charge in [0.05, 0.1) is 6.20 Å². The Balaban J connectivity index is 1.79. The first-order valence-corrected chi connectivity index (χ1v) is 9.23. The minimum Gasteiger partial charge on any atom is -0.338 e. The minimum atomic E-state index is -0.176. The summed E-state index contributed by atoms with van der Waals surface area (Å²) in [7, 11) is 1.92. The quantitative estimate of drug-likeness (QED) is 0.803. The summed E-state index contributed by atoms with van der Waals surface area (Å²) < 4.78 is 1.84. The van der Waals surface area contributed by atoms with Crippen molar-refractivity contribution in [1.29, 1.82) is 0 Å². The zero-order valence-corrected chi connectivity index (χ0v) is 15.6. The second-order valence-corrected chi connectivity index (χ2v) is 7.63.